The first kappa shape index (κ1) is 18.7. The molecule has 3 atom stereocenters. The zero-order valence-electron chi connectivity index (χ0n) is 14.7. The summed E-state index contributed by atoms with van der Waals surface area (Å²) in [5.74, 6) is 0. The Morgan fingerprint density at radius 1 is 1.26 bits per heavy atom. The number of halogens is 1. The minimum atomic E-state index is -1.50. The van der Waals surface area contributed by atoms with Gasteiger partial charge in [-0.05, 0) is 45.0 Å². The van der Waals surface area contributed by atoms with Gasteiger partial charge < -0.3 is 4.74 Å². The molecule has 1 saturated heterocycles. The first-order valence-corrected chi connectivity index (χ1v) is 12.0. The molecule has 128 valence electrons. The predicted molar refractivity (Wildman–Crippen MR) is 104 cm³/mol. The first-order valence-electron chi connectivity index (χ1n) is 8.68. The van der Waals surface area contributed by atoms with Gasteiger partial charge in [0, 0.05) is 18.1 Å². The number of ether oxygens (including phenoxy) is 1. The lowest BCUT2D eigenvalue weighted by Crippen LogP contribution is -2.47. The van der Waals surface area contributed by atoms with Gasteiger partial charge in [0.1, 0.15) is 0 Å². The molecule has 1 fully saturated rings. The Hall–Kier alpha value is -0.613. The van der Waals surface area contributed by atoms with E-state index >= 15 is 0 Å². The largest absolute Gasteiger partial charge is 0.373 e. The fourth-order valence-electron chi connectivity index (χ4n) is 3.69. The monoisotopic (exact) mass is 351 g/mol. The molecule has 0 bridgehead atoms. The maximum Gasteiger partial charge on any atom is 0.0874 e. The molecule has 1 aliphatic rings. The van der Waals surface area contributed by atoms with Gasteiger partial charge in [0.2, 0.25) is 0 Å². The van der Waals surface area contributed by atoms with Crippen molar-refractivity contribution in [1.29, 1.82) is 0 Å². The van der Waals surface area contributed by atoms with E-state index in [0.29, 0.717) is 12.2 Å². The van der Waals surface area contributed by atoms with Crippen molar-refractivity contribution < 1.29 is 4.74 Å². The zero-order chi connectivity index (χ0) is 16.9. The van der Waals surface area contributed by atoms with Gasteiger partial charge >= 0.3 is 0 Å². The van der Waals surface area contributed by atoms with E-state index in [1.165, 1.54) is 24.2 Å². The highest BCUT2D eigenvalue weighted by molar-refractivity contribution is 6.91. The van der Waals surface area contributed by atoms with Gasteiger partial charge in [-0.3, -0.25) is 4.90 Å². The van der Waals surface area contributed by atoms with Crippen LogP contribution in [0.3, 0.4) is 0 Å². The summed E-state index contributed by atoms with van der Waals surface area (Å²) in [6.07, 6.45) is 4.05. The summed E-state index contributed by atoms with van der Waals surface area (Å²) in [7, 11) is -1.50. The topological polar surface area (TPSA) is 12.5 Å². The highest BCUT2D eigenvalue weighted by Crippen LogP contribution is 2.21. The fourth-order valence-corrected chi connectivity index (χ4v) is 7.10. The number of hydrogen-bond acceptors (Lipinski definition) is 2. The molecule has 1 aromatic rings. The van der Waals surface area contributed by atoms with Crippen LogP contribution in [0.25, 0.3) is 0 Å². The summed E-state index contributed by atoms with van der Waals surface area (Å²) in [4.78, 5) is 2.56. The average Bonchev–Trinajstić information content (AvgIpc) is 2.47. The van der Waals surface area contributed by atoms with Gasteiger partial charge in [-0.15, -0.1) is 6.58 Å². The third kappa shape index (κ3) is 5.46. The highest BCUT2D eigenvalue weighted by atomic mass is 35.5. The Balaban J connectivity index is 1.94. The second kappa shape index (κ2) is 8.47. The predicted octanol–water partition coefficient (Wildman–Crippen LogP) is 4.31. The van der Waals surface area contributed by atoms with E-state index in [4.69, 9.17) is 16.3 Å². The van der Waals surface area contributed by atoms with Gasteiger partial charge in [0.15, 0.2) is 0 Å². The molecule has 23 heavy (non-hydrogen) atoms. The zero-order valence-corrected chi connectivity index (χ0v) is 16.5. The van der Waals surface area contributed by atoms with Gasteiger partial charge in [-0.2, -0.15) is 0 Å². The molecule has 0 radical (unpaired) electrons. The molecule has 0 aliphatic carbocycles. The van der Waals surface area contributed by atoms with E-state index in [1.807, 2.05) is 12.1 Å². The van der Waals surface area contributed by atoms with Crippen LogP contribution in [-0.2, 0) is 4.74 Å². The van der Waals surface area contributed by atoms with E-state index < -0.39 is 8.07 Å². The maximum atomic E-state index is 6.05. The third-order valence-electron chi connectivity index (χ3n) is 4.83. The van der Waals surface area contributed by atoms with Crippen LogP contribution in [0.1, 0.15) is 20.3 Å². The Bertz CT molecular complexity index is 497. The van der Waals surface area contributed by atoms with E-state index in [2.05, 4.69) is 50.1 Å². The van der Waals surface area contributed by atoms with E-state index in [0.717, 1.165) is 24.2 Å². The second-order valence-corrected chi connectivity index (χ2v) is 12.2. The van der Waals surface area contributed by atoms with Crippen molar-refractivity contribution in [3.63, 3.8) is 0 Å². The van der Waals surface area contributed by atoms with Gasteiger partial charge in [-0.1, -0.05) is 47.6 Å². The van der Waals surface area contributed by atoms with Crippen LogP contribution in [-0.4, -0.2) is 44.8 Å². The molecule has 0 N–H and O–H groups in total. The lowest BCUT2D eigenvalue weighted by Gasteiger charge is -2.36. The summed E-state index contributed by atoms with van der Waals surface area (Å²) in [5, 5.41) is 2.31. The lowest BCUT2D eigenvalue weighted by molar-refractivity contribution is -0.0677. The van der Waals surface area contributed by atoms with Gasteiger partial charge in [-0.25, -0.2) is 0 Å². The van der Waals surface area contributed by atoms with Crippen LogP contribution < -0.4 is 5.19 Å². The molecule has 0 aromatic heterocycles. The second-order valence-electron chi connectivity index (χ2n) is 7.18. The molecular formula is C19H30ClNOSi. The smallest absolute Gasteiger partial charge is 0.0874 e. The molecule has 2 nitrogen and oxygen atoms in total. The van der Waals surface area contributed by atoms with E-state index in [9.17, 15) is 0 Å². The van der Waals surface area contributed by atoms with Crippen molar-refractivity contribution in [3.05, 3.63) is 41.9 Å². The van der Waals surface area contributed by atoms with Gasteiger partial charge in [0.05, 0.1) is 20.3 Å². The Labute approximate surface area is 147 Å². The highest BCUT2D eigenvalue weighted by Gasteiger charge is 2.28. The Morgan fingerprint density at radius 2 is 1.87 bits per heavy atom. The SMILES string of the molecule is C=CC[Si](C)(CCCN1CC(C)OC(C)C1)c1ccc(Cl)cc1. The molecule has 0 spiro atoms. The standard InChI is InChI=1S/C19H30ClNOSi/c1-5-12-23(4,19-9-7-18(20)8-10-19)13-6-11-21-14-16(2)22-17(3)15-21/h5,7-10,16-17H,1,6,11-15H2,2-4H3. The van der Waals surface area contributed by atoms with E-state index in [1.54, 1.807) is 0 Å². The molecule has 1 aromatic carbocycles. The quantitative estimate of drug-likeness (QED) is 0.536. The number of hydrogen-bond donors (Lipinski definition) is 0. The van der Waals surface area contributed by atoms with Crippen LogP contribution in [0.2, 0.25) is 23.7 Å². The van der Waals surface area contributed by atoms with Crippen molar-refractivity contribution in [1.82, 2.24) is 4.90 Å². The molecular weight excluding hydrogens is 322 g/mol. The number of nitrogens with zero attached hydrogens (tertiary/aromatic N) is 1. The number of morpholine rings is 1. The number of benzene rings is 1. The Kier molecular flexibility index (Phi) is 6.90. The van der Waals surface area contributed by atoms with Crippen LogP contribution >= 0.6 is 11.6 Å². The van der Waals surface area contributed by atoms with E-state index in [-0.39, 0.29) is 0 Å². The molecule has 4 heteroatoms. The fraction of sp³-hybridized carbons (Fsp3) is 0.579. The number of rotatable bonds is 7. The third-order valence-corrected chi connectivity index (χ3v) is 9.46. The van der Waals surface area contributed by atoms with Crippen molar-refractivity contribution in [2.75, 3.05) is 19.6 Å². The van der Waals surface area contributed by atoms with Crippen LogP contribution in [0.5, 0.6) is 0 Å². The summed E-state index contributed by atoms with van der Waals surface area (Å²) in [6, 6.07) is 10.9. The Morgan fingerprint density at radius 3 is 2.43 bits per heavy atom. The van der Waals surface area contributed by atoms with Crippen LogP contribution in [0, 0.1) is 0 Å². The number of allylic oxidation sites excluding steroid dienone is 1. The maximum absolute atomic E-state index is 6.05. The summed E-state index contributed by atoms with van der Waals surface area (Å²) < 4.78 is 5.82. The molecule has 3 unspecified atom stereocenters. The summed E-state index contributed by atoms with van der Waals surface area (Å²) >= 11 is 6.05. The molecule has 0 amide bonds. The normalized spacial score (nSPS) is 25.0. The summed E-state index contributed by atoms with van der Waals surface area (Å²) in [5.41, 5.74) is 0. The molecule has 2 rings (SSSR count). The van der Waals surface area contributed by atoms with Crippen molar-refractivity contribution in [2.24, 2.45) is 0 Å². The first-order chi connectivity index (χ1) is 10.9. The summed E-state index contributed by atoms with van der Waals surface area (Å²) in [6.45, 7) is 14.1. The molecule has 1 aliphatic heterocycles. The minimum Gasteiger partial charge on any atom is -0.373 e. The molecule has 1 heterocycles. The van der Waals surface area contributed by atoms with Crippen LogP contribution in [0.15, 0.2) is 36.9 Å². The lowest BCUT2D eigenvalue weighted by atomic mass is 10.2. The average molecular weight is 352 g/mol. The van der Waals surface area contributed by atoms with Crippen molar-refractivity contribution in [2.45, 2.75) is 51.1 Å². The molecule has 0 saturated carbocycles. The minimum absolute atomic E-state index is 0.354. The van der Waals surface area contributed by atoms with Crippen molar-refractivity contribution >= 4 is 24.9 Å². The van der Waals surface area contributed by atoms with Gasteiger partial charge in [0.25, 0.3) is 0 Å². The van der Waals surface area contributed by atoms with Crippen LogP contribution in [0.4, 0.5) is 0 Å². The van der Waals surface area contributed by atoms with Crippen molar-refractivity contribution in [3.8, 4) is 0 Å².